The van der Waals surface area contributed by atoms with Crippen molar-refractivity contribution in [2.45, 2.75) is 16.5 Å². The summed E-state index contributed by atoms with van der Waals surface area (Å²) < 4.78 is 13.2. The molecule has 1 amide bonds. The van der Waals surface area contributed by atoms with Gasteiger partial charge in [0.05, 0.1) is 11.1 Å². The topological polar surface area (TPSA) is 74.8 Å². The largest absolute Gasteiger partial charge is 0.355 e. The monoisotopic (exact) mass is 485 g/mol. The molecule has 0 saturated carbocycles. The van der Waals surface area contributed by atoms with Crippen LogP contribution in [0.15, 0.2) is 74.8 Å². The number of hydrogen-bond acceptors (Lipinski definition) is 6. The normalized spacial score (nSPS) is 11.0. The van der Waals surface area contributed by atoms with E-state index in [1.165, 1.54) is 40.1 Å². The SMILES string of the molecule is O=C(CSc1nc2scc(-c3ccc(F)cc3)c2c(=O)[nH]1)NCCCSc1ccccc1. The summed E-state index contributed by atoms with van der Waals surface area (Å²) in [5.41, 5.74) is 1.22. The maximum Gasteiger partial charge on any atom is 0.260 e. The van der Waals surface area contributed by atoms with Crippen LogP contribution in [0.3, 0.4) is 0 Å². The molecule has 0 bridgehead atoms. The number of benzene rings is 2. The van der Waals surface area contributed by atoms with E-state index < -0.39 is 0 Å². The summed E-state index contributed by atoms with van der Waals surface area (Å²) in [6.45, 7) is 0.605. The molecule has 4 aromatic rings. The van der Waals surface area contributed by atoms with E-state index in [0.29, 0.717) is 21.9 Å². The molecule has 2 aromatic heterocycles. The molecule has 0 saturated heterocycles. The lowest BCUT2D eigenvalue weighted by Crippen LogP contribution is -2.26. The van der Waals surface area contributed by atoms with Crippen molar-refractivity contribution in [2.75, 3.05) is 18.1 Å². The number of thioether (sulfide) groups is 2. The molecule has 2 aromatic carbocycles. The Bertz CT molecular complexity index is 1260. The summed E-state index contributed by atoms with van der Waals surface area (Å²) in [5.74, 6) is 0.682. The summed E-state index contributed by atoms with van der Waals surface area (Å²) >= 11 is 4.31. The third-order valence-corrected chi connectivity index (χ3v) is 7.42. The van der Waals surface area contributed by atoms with E-state index >= 15 is 0 Å². The van der Waals surface area contributed by atoms with Crippen molar-refractivity contribution in [1.29, 1.82) is 0 Å². The highest BCUT2D eigenvalue weighted by molar-refractivity contribution is 7.99. The van der Waals surface area contributed by atoms with Crippen molar-refractivity contribution in [3.63, 3.8) is 0 Å². The first-order chi connectivity index (χ1) is 15.6. The van der Waals surface area contributed by atoms with Crippen LogP contribution in [-0.4, -0.2) is 33.9 Å². The van der Waals surface area contributed by atoms with Gasteiger partial charge in [0.25, 0.3) is 5.56 Å². The number of halogens is 1. The lowest BCUT2D eigenvalue weighted by molar-refractivity contribution is -0.118. The van der Waals surface area contributed by atoms with Crippen LogP contribution in [-0.2, 0) is 4.79 Å². The molecule has 0 fully saturated rings. The molecule has 0 aliphatic rings. The van der Waals surface area contributed by atoms with E-state index in [-0.39, 0.29) is 23.0 Å². The van der Waals surface area contributed by atoms with Crippen molar-refractivity contribution >= 4 is 51.0 Å². The first-order valence-electron chi connectivity index (χ1n) is 9.95. The smallest absolute Gasteiger partial charge is 0.260 e. The summed E-state index contributed by atoms with van der Waals surface area (Å²) in [4.78, 5) is 33.8. The Morgan fingerprint density at radius 2 is 1.88 bits per heavy atom. The van der Waals surface area contributed by atoms with Gasteiger partial charge in [0.2, 0.25) is 5.91 Å². The van der Waals surface area contributed by atoms with Gasteiger partial charge in [-0.1, -0.05) is 42.1 Å². The number of aromatic nitrogens is 2. The molecule has 0 radical (unpaired) electrons. The number of nitrogens with zero attached hydrogens (tertiary/aromatic N) is 1. The first-order valence-corrected chi connectivity index (χ1v) is 12.8. The van der Waals surface area contributed by atoms with E-state index in [9.17, 15) is 14.0 Å². The third kappa shape index (κ3) is 5.79. The minimum atomic E-state index is -0.327. The van der Waals surface area contributed by atoms with Gasteiger partial charge in [-0.3, -0.25) is 9.59 Å². The molecule has 0 aliphatic carbocycles. The van der Waals surface area contributed by atoms with Crippen LogP contribution in [0.2, 0.25) is 0 Å². The maximum absolute atomic E-state index is 13.2. The zero-order valence-corrected chi connectivity index (χ0v) is 19.4. The fourth-order valence-corrected chi connectivity index (χ4v) is 5.60. The van der Waals surface area contributed by atoms with Crippen molar-refractivity contribution in [1.82, 2.24) is 15.3 Å². The lowest BCUT2D eigenvalue weighted by atomic mass is 10.1. The van der Waals surface area contributed by atoms with Crippen molar-refractivity contribution < 1.29 is 9.18 Å². The fraction of sp³-hybridized carbons (Fsp3) is 0.174. The van der Waals surface area contributed by atoms with Crippen LogP contribution in [0.1, 0.15) is 6.42 Å². The van der Waals surface area contributed by atoms with Crippen LogP contribution < -0.4 is 10.9 Å². The van der Waals surface area contributed by atoms with Crippen LogP contribution in [0, 0.1) is 5.82 Å². The quantitative estimate of drug-likeness (QED) is 0.194. The Morgan fingerprint density at radius 3 is 2.66 bits per heavy atom. The van der Waals surface area contributed by atoms with E-state index in [2.05, 4.69) is 27.4 Å². The molecule has 4 rings (SSSR count). The number of amides is 1. The number of hydrogen-bond donors (Lipinski definition) is 2. The lowest BCUT2D eigenvalue weighted by Gasteiger charge is -2.05. The van der Waals surface area contributed by atoms with Crippen LogP contribution in [0.25, 0.3) is 21.3 Å². The molecule has 0 spiro atoms. The molecule has 164 valence electrons. The van der Waals surface area contributed by atoms with Crippen LogP contribution in [0.5, 0.6) is 0 Å². The molecular weight excluding hydrogens is 465 g/mol. The third-order valence-electron chi connectivity index (χ3n) is 4.57. The number of nitrogens with one attached hydrogen (secondary N) is 2. The average Bonchev–Trinajstić information content (AvgIpc) is 3.23. The fourth-order valence-electron chi connectivity index (χ4n) is 3.03. The Morgan fingerprint density at radius 1 is 1.09 bits per heavy atom. The van der Waals surface area contributed by atoms with Gasteiger partial charge >= 0.3 is 0 Å². The van der Waals surface area contributed by atoms with Crippen molar-refractivity contribution in [3.8, 4) is 11.1 Å². The average molecular weight is 486 g/mol. The number of aromatic amines is 1. The van der Waals surface area contributed by atoms with Gasteiger partial charge in [0, 0.05) is 22.4 Å². The number of H-pyrrole nitrogens is 1. The molecule has 9 heteroatoms. The maximum atomic E-state index is 13.2. The van der Waals surface area contributed by atoms with Gasteiger partial charge in [-0.2, -0.15) is 0 Å². The zero-order valence-electron chi connectivity index (χ0n) is 17.0. The summed E-state index contributed by atoms with van der Waals surface area (Å²) in [7, 11) is 0. The van der Waals surface area contributed by atoms with Gasteiger partial charge in [-0.15, -0.1) is 23.1 Å². The highest BCUT2D eigenvalue weighted by Gasteiger charge is 2.14. The minimum absolute atomic E-state index is 0.0966. The predicted octanol–water partition coefficient (Wildman–Crippen LogP) is 5.18. The Kier molecular flexibility index (Phi) is 7.62. The number of thiophene rings is 1. The van der Waals surface area contributed by atoms with Gasteiger partial charge in [0.1, 0.15) is 10.6 Å². The van der Waals surface area contributed by atoms with Gasteiger partial charge in [-0.25, -0.2) is 9.37 Å². The summed E-state index contributed by atoms with van der Waals surface area (Å²) in [6.07, 6.45) is 0.873. The van der Waals surface area contributed by atoms with Gasteiger partial charge < -0.3 is 10.3 Å². The molecule has 0 atom stereocenters. The Hall–Kier alpha value is -2.62. The predicted molar refractivity (Wildman–Crippen MR) is 131 cm³/mol. The van der Waals surface area contributed by atoms with E-state index in [1.807, 2.05) is 23.6 Å². The highest BCUT2D eigenvalue weighted by Crippen LogP contribution is 2.31. The molecule has 5 nitrogen and oxygen atoms in total. The standard InChI is InChI=1S/C23H20FN3O2S3/c24-16-9-7-15(8-10-16)18-13-31-22-20(18)21(29)26-23(27-22)32-14-19(28)25-11-4-12-30-17-5-2-1-3-6-17/h1-3,5-10,13H,4,11-12,14H2,(H,25,28)(H,26,27,29). The van der Waals surface area contributed by atoms with Crippen molar-refractivity contribution in [2.24, 2.45) is 0 Å². The number of carbonyl (C=O) groups is 1. The molecule has 2 N–H and O–H groups in total. The number of carbonyl (C=O) groups excluding carboxylic acids is 1. The molecular formula is C23H20FN3O2S3. The number of fused-ring (bicyclic) bond motifs is 1. The first kappa shape index (κ1) is 22.6. The molecule has 32 heavy (non-hydrogen) atoms. The minimum Gasteiger partial charge on any atom is -0.355 e. The Labute approximate surface area is 196 Å². The van der Waals surface area contributed by atoms with Crippen LogP contribution >= 0.6 is 34.9 Å². The van der Waals surface area contributed by atoms with E-state index in [1.54, 1.807) is 23.9 Å². The molecule has 2 heterocycles. The second-order valence-corrected chi connectivity index (χ2v) is 9.85. The summed E-state index contributed by atoms with van der Waals surface area (Å²) in [6, 6.07) is 16.2. The van der Waals surface area contributed by atoms with E-state index in [0.717, 1.165) is 23.3 Å². The van der Waals surface area contributed by atoms with E-state index in [4.69, 9.17) is 0 Å². The Balaban J connectivity index is 1.29. The number of rotatable bonds is 9. The van der Waals surface area contributed by atoms with Gasteiger partial charge in [0.15, 0.2) is 5.16 Å². The van der Waals surface area contributed by atoms with Gasteiger partial charge in [-0.05, 0) is 42.0 Å². The zero-order chi connectivity index (χ0) is 22.3. The second-order valence-electron chi connectivity index (χ2n) is 6.86. The second kappa shape index (κ2) is 10.8. The molecule has 0 aliphatic heterocycles. The van der Waals surface area contributed by atoms with Crippen LogP contribution in [0.4, 0.5) is 4.39 Å². The van der Waals surface area contributed by atoms with Crippen molar-refractivity contribution in [3.05, 3.63) is 76.1 Å². The molecule has 0 unspecified atom stereocenters. The highest BCUT2D eigenvalue weighted by atomic mass is 32.2. The summed E-state index contributed by atoms with van der Waals surface area (Å²) in [5, 5.41) is 5.63.